The number of ether oxygens (including phenoxy) is 2. The van der Waals surface area contributed by atoms with Crippen LogP contribution in [0.1, 0.15) is 45.4 Å². The molecule has 0 saturated heterocycles. The number of allylic oxidation sites excluding steroid dienone is 2. The third-order valence-electron chi connectivity index (χ3n) is 3.10. The van der Waals surface area contributed by atoms with Gasteiger partial charge in [0.25, 0.3) is 5.79 Å². The molecule has 0 fully saturated rings. The Hall–Kier alpha value is -1.25. The SMILES string of the molecule is C=CCCCC1(C)OC(=O)C2=C(CCC2)O1. The predicted octanol–water partition coefficient (Wildman–Crippen LogP) is 3.07. The molecule has 0 aromatic rings. The van der Waals surface area contributed by atoms with Gasteiger partial charge in [-0.15, -0.1) is 6.58 Å². The van der Waals surface area contributed by atoms with E-state index in [-0.39, 0.29) is 5.97 Å². The minimum Gasteiger partial charge on any atom is -0.456 e. The average Bonchev–Trinajstić information content (AvgIpc) is 2.65. The zero-order valence-corrected chi connectivity index (χ0v) is 9.75. The van der Waals surface area contributed by atoms with Gasteiger partial charge in [0.15, 0.2) is 0 Å². The number of cyclic esters (lactones) is 1. The molecule has 88 valence electrons. The van der Waals surface area contributed by atoms with Crippen LogP contribution in [-0.2, 0) is 14.3 Å². The molecule has 0 aromatic heterocycles. The molecule has 0 bridgehead atoms. The Morgan fingerprint density at radius 1 is 1.44 bits per heavy atom. The Balaban J connectivity index is 2.03. The molecule has 3 heteroatoms. The summed E-state index contributed by atoms with van der Waals surface area (Å²) >= 11 is 0. The monoisotopic (exact) mass is 222 g/mol. The van der Waals surface area contributed by atoms with Crippen molar-refractivity contribution in [1.29, 1.82) is 0 Å². The summed E-state index contributed by atoms with van der Waals surface area (Å²) in [6.07, 6.45) is 7.12. The Labute approximate surface area is 96.1 Å². The van der Waals surface area contributed by atoms with Crippen molar-refractivity contribution in [2.24, 2.45) is 0 Å². The first-order valence-corrected chi connectivity index (χ1v) is 5.90. The van der Waals surface area contributed by atoms with Crippen molar-refractivity contribution in [3.63, 3.8) is 0 Å². The highest BCUT2D eigenvalue weighted by Gasteiger charge is 2.40. The first kappa shape index (κ1) is 11.2. The van der Waals surface area contributed by atoms with Crippen LogP contribution in [0.2, 0.25) is 0 Å². The van der Waals surface area contributed by atoms with Crippen LogP contribution in [0.4, 0.5) is 0 Å². The van der Waals surface area contributed by atoms with Crippen molar-refractivity contribution in [3.05, 3.63) is 24.0 Å². The first-order chi connectivity index (χ1) is 7.64. The molecular weight excluding hydrogens is 204 g/mol. The highest BCUT2D eigenvalue weighted by atomic mass is 16.7. The van der Waals surface area contributed by atoms with E-state index in [1.54, 1.807) is 0 Å². The van der Waals surface area contributed by atoms with Crippen LogP contribution in [0, 0.1) is 0 Å². The molecule has 16 heavy (non-hydrogen) atoms. The fourth-order valence-corrected chi connectivity index (χ4v) is 2.25. The highest BCUT2D eigenvalue weighted by Crippen LogP contribution is 2.38. The molecule has 3 nitrogen and oxygen atoms in total. The molecule has 1 aliphatic carbocycles. The fraction of sp³-hybridized carbons (Fsp3) is 0.615. The normalized spacial score (nSPS) is 28.4. The van der Waals surface area contributed by atoms with Crippen LogP contribution in [0.3, 0.4) is 0 Å². The zero-order valence-electron chi connectivity index (χ0n) is 9.75. The van der Waals surface area contributed by atoms with E-state index in [9.17, 15) is 4.79 Å². The molecule has 0 radical (unpaired) electrons. The second-order valence-electron chi connectivity index (χ2n) is 4.56. The van der Waals surface area contributed by atoms with Crippen molar-refractivity contribution in [2.75, 3.05) is 0 Å². The summed E-state index contributed by atoms with van der Waals surface area (Å²) in [5.74, 6) is -0.0827. The summed E-state index contributed by atoms with van der Waals surface area (Å²) in [5, 5.41) is 0. The van der Waals surface area contributed by atoms with Crippen LogP contribution in [0.15, 0.2) is 24.0 Å². The number of unbranched alkanes of at least 4 members (excludes halogenated alkanes) is 1. The van der Waals surface area contributed by atoms with Crippen LogP contribution >= 0.6 is 0 Å². The third kappa shape index (κ3) is 2.13. The van der Waals surface area contributed by atoms with Gasteiger partial charge < -0.3 is 9.47 Å². The summed E-state index contributed by atoms with van der Waals surface area (Å²) in [4.78, 5) is 11.7. The summed E-state index contributed by atoms with van der Waals surface area (Å²) in [6, 6.07) is 0. The van der Waals surface area contributed by atoms with Crippen molar-refractivity contribution < 1.29 is 14.3 Å². The molecule has 2 rings (SSSR count). The highest BCUT2D eigenvalue weighted by molar-refractivity contribution is 5.90. The molecule has 0 saturated carbocycles. The van der Waals surface area contributed by atoms with Gasteiger partial charge >= 0.3 is 5.97 Å². The molecule has 0 amide bonds. The maximum absolute atomic E-state index is 11.7. The Bertz CT molecular complexity index is 343. The predicted molar refractivity (Wildman–Crippen MR) is 60.5 cm³/mol. The molecule has 2 aliphatic rings. The minimum absolute atomic E-state index is 0.181. The van der Waals surface area contributed by atoms with Gasteiger partial charge in [-0.1, -0.05) is 6.08 Å². The summed E-state index contributed by atoms with van der Waals surface area (Å²) in [7, 11) is 0. The van der Waals surface area contributed by atoms with Gasteiger partial charge in [-0.2, -0.15) is 0 Å². The van der Waals surface area contributed by atoms with E-state index in [4.69, 9.17) is 9.47 Å². The Morgan fingerprint density at radius 2 is 2.25 bits per heavy atom. The smallest absolute Gasteiger partial charge is 0.340 e. The molecule has 1 unspecified atom stereocenters. The standard InChI is InChI=1S/C13H18O3/c1-3-4-5-9-13(2)15-11-8-6-7-10(11)12(14)16-13/h3H,1,4-9H2,2H3. The van der Waals surface area contributed by atoms with Gasteiger partial charge in [0.05, 0.1) is 5.57 Å². The largest absolute Gasteiger partial charge is 0.456 e. The maximum atomic E-state index is 11.7. The van der Waals surface area contributed by atoms with E-state index in [1.165, 1.54) is 0 Å². The van der Waals surface area contributed by atoms with Gasteiger partial charge in [-0.05, 0) is 25.7 Å². The van der Waals surface area contributed by atoms with Crippen LogP contribution in [0.25, 0.3) is 0 Å². The second-order valence-corrected chi connectivity index (χ2v) is 4.56. The Morgan fingerprint density at radius 3 is 3.00 bits per heavy atom. The second kappa shape index (κ2) is 4.32. The Kier molecular flexibility index (Phi) is 3.03. The summed E-state index contributed by atoms with van der Waals surface area (Å²) < 4.78 is 11.2. The number of rotatable bonds is 4. The lowest BCUT2D eigenvalue weighted by Gasteiger charge is -2.34. The van der Waals surface area contributed by atoms with Crippen molar-refractivity contribution in [3.8, 4) is 0 Å². The summed E-state index contributed by atoms with van der Waals surface area (Å²) in [6.45, 7) is 5.52. The molecule has 0 spiro atoms. The van der Waals surface area contributed by atoms with Crippen LogP contribution < -0.4 is 0 Å². The number of hydrogen-bond donors (Lipinski definition) is 0. The lowest BCUT2D eigenvalue weighted by molar-refractivity contribution is -0.218. The van der Waals surface area contributed by atoms with Gasteiger partial charge in [0.2, 0.25) is 0 Å². The topological polar surface area (TPSA) is 35.5 Å². The number of hydrogen-bond acceptors (Lipinski definition) is 3. The molecule has 1 aliphatic heterocycles. The molecule has 0 N–H and O–H groups in total. The van der Waals surface area contributed by atoms with Crippen molar-refractivity contribution >= 4 is 5.97 Å². The van der Waals surface area contributed by atoms with Gasteiger partial charge in [-0.25, -0.2) is 4.79 Å². The van der Waals surface area contributed by atoms with E-state index in [2.05, 4.69) is 6.58 Å². The lowest BCUT2D eigenvalue weighted by Crippen LogP contribution is -2.38. The van der Waals surface area contributed by atoms with Crippen LogP contribution in [0.5, 0.6) is 0 Å². The maximum Gasteiger partial charge on any atom is 0.340 e. The van der Waals surface area contributed by atoms with Gasteiger partial charge in [0.1, 0.15) is 5.76 Å². The van der Waals surface area contributed by atoms with E-state index < -0.39 is 5.79 Å². The van der Waals surface area contributed by atoms with E-state index >= 15 is 0 Å². The van der Waals surface area contributed by atoms with Crippen LogP contribution in [-0.4, -0.2) is 11.8 Å². The fourth-order valence-electron chi connectivity index (χ4n) is 2.25. The molecule has 1 heterocycles. The molecule has 1 atom stereocenters. The van der Waals surface area contributed by atoms with Gasteiger partial charge in [0, 0.05) is 19.8 Å². The number of carbonyl (C=O) groups excluding carboxylic acids is 1. The summed E-state index contributed by atoms with van der Waals surface area (Å²) in [5.41, 5.74) is 0.751. The van der Waals surface area contributed by atoms with E-state index in [0.717, 1.165) is 49.9 Å². The average molecular weight is 222 g/mol. The zero-order chi connectivity index (χ0) is 11.6. The van der Waals surface area contributed by atoms with E-state index in [1.807, 2.05) is 13.0 Å². The lowest BCUT2D eigenvalue weighted by atomic mass is 10.1. The molecule has 0 aromatic carbocycles. The quantitative estimate of drug-likeness (QED) is 0.416. The number of esters is 1. The van der Waals surface area contributed by atoms with Crippen molar-refractivity contribution in [2.45, 2.75) is 51.2 Å². The molecular formula is C13H18O3. The van der Waals surface area contributed by atoms with Gasteiger partial charge in [-0.3, -0.25) is 0 Å². The first-order valence-electron chi connectivity index (χ1n) is 5.90. The number of carbonyl (C=O) groups is 1. The van der Waals surface area contributed by atoms with E-state index in [0.29, 0.717) is 0 Å². The minimum atomic E-state index is -0.761. The van der Waals surface area contributed by atoms with Crippen molar-refractivity contribution in [1.82, 2.24) is 0 Å². The third-order valence-corrected chi connectivity index (χ3v) is 3.10.